The number of aromatic amines is 2. The Hall–Kier alpha value is -2.36. The molecule has 8 unspecified atom stereocenters. The van der Waals surface area contributed by atoms with Gasteiger partial charge in [0.25, 0.3) is 11.1 Å². The van der Waals surface area contributed by atoms with E-state index in [0.29, 0.717) is 34.4 Å². The highest BCUT2D eigenvalue weighted by molar-refractivity contribution is 7.68. The van der Waals surface area contributed by atoms with Gasteiger partial charge in [0.05, 0.1) is 50.6 Å². The number of ether oxygens (including phenoxy) is 4. The number of nitrogens with one attached hydrogen (secondary N) is 2. The van der Waals surface area contributed by atoms with Gasteiger partial charge in [0, 0.05) is 18.5 Å². The molecule has 4 aromatic rings. The van der Waals surface area contributed by atoms with Crippen LogP contribution in [0.15, 0.2) is 65.7 Å². The van der Waals surface area contributed by atoms with Crippen molar-refractivity contribution in [1.29, 1.82) is 0 Å². The molecule has 26 N–H and O–H groups in total. The Morgan fingerprint density at radius 1 is 0.406 bits per heavy atom. The van der Waals surface area contributed by atoms with Crippen LogP contribution in [0.5, 0.6) is 0 Å². The van der Waals surface area contributed by atoms with Crippen LogP contribution in [-0.4, -0.2) is 243 Å². The normalized spacial score (nSPS) is 30.0. The molecule has 64 nitrogen and oxygen atoms in total. The number of rotatable bonds is 38. The Morgan fingerprint density at radius 3 is 1.01 bits per heavy atom. The van der Waals surface area contributed by atoms with Gasteiger partial charge in [0.15, 0.2) is 36.5 Å². The number of nitrogens with zero attached hydrogens (tertiary/aromatic N) is 6. The van der Waals surface area contributed by atoms with Gasteiger partial charge in [-0.25, -0.2) is 78.3 Å². The molecule has 8 heterocycles. The van der Waals surface area contributed by atoms with E-state index >= 15 is 0 Å². The van der Waals surface area contributed by atoms with Crippen LogP contribution in [0.4, 0.5) is 20.4 Å². The van der Waals surface area contributed by atoms with E-state index in [1.807, 2.05) is 4.98 Å². The van der Waals surface area contributed by atoms with Gasteiger partial charge in [-0.1, -0.05) is 26.7 Å². The number of alkyl halides is 6. The quantitative estimate of drug-likeness (QED) is 0.0197. The number of anilines is 2. The van der Waals surface area contributed by atoms with E-state index in [0.717, 1.165) is 21.4 Å². The summed E-state index contributed by atoms with van der Waals surface area (Å²) in [6.45, 7) is -0.990. The van der Waals surface area contributed by atoms with Crippen LogP contribution in [0.2, 0.25) is 0 Å². The summed E-state index contributed by atoms with van der Waals surface area (Å²) >= 11 is 35.9. The summed E-state index contributed by atoms with van der Waals surface area (Å²) in [7, 11) is -67.7. The van der Waals surface area contributed by atoms with Crippen LogP contribution in [0.3, 0.4) is 0 Å². The summed E-state index contributed by atoms with van der Waals surface area (Å²) in [6, 6.07) is 2.26. The summed E-state index contributed by atoms with van der Waals surface area (Å²) in [5, 5.41) is 36.4. The van der Waals surface area contributed by atoms with Crippen molar-refractivity contribution < 1.29 is 234 Å². The zero-order chi connectivity index (χ0) is 98.5. The molecule has 4 fully saturated rings. The summed E-state index contributed by atoms with van der Waals surface area (Å²) in [6.07, 6.45) is -9.09. The number of nitrogen functional groups attached to an aromatic ring is 2. The largest absolute Gasteiger partial charge is 0.490 e. The lowest BCUT2D eigenvalue weighted by Gasteiger charge is -2.32. The Kier molecular flexibility index (Phi) is 40.1. The van der Waals surface area contributed by atoms with E-state index in [2.05, 4.69) is 62.5 Å². The molecule has 4 aliphatic rings. The molecule has 4 aromatic heterocycles. The standard InChI is InChI=1S/C12H21ClN3O13P3.C12H20ClN2O14P3.C10H15Cl2FN3O13P3.C10H14Cl2FN2O14P3/c1-2-4-12(6-26-31(22,23)29-32(24,25)28-30(19,20)21)9(17)8(13)10(27-12)16-5-3-7(14)15-11(16)18;1-2-4-12(6-26-31(22,23)29-32(24,25)28-30(19,20)21)9(17)8(13)10(27-12)15-5-3-7(16)14-11(15)18;11-2-10(3-26-31(22,23)29-32(24,25)28-30(19,20)21)6(17)5(12)8(27-10)16-1-4(13)7(14)15-9(16)18;11-2-10(3-26-31(22,23)29-32(24,25)28-30(19,20)21)6(16)5(12)8(27-10)15-1-4(13)7(17)14-9(15)18/h3,5,8-10,17H,2,4,6H2,1H3,(H,22,23)(H,24,25)(H2,14,15,18)(H2,19,20,21);3,5,8-10,17H,2,4,6H2,1H3,(H,22,23)(H,24,25)(H,14,16,18)(H2,19,20,21);1,5-6,8,17H,2-3H2,(H,22,23)(H,24,25)(H2,14,15,18)(H2,19,20,21);1,5-6,8,16H,2-3H2,(H,22,23)(H,24,25)(H,14,17,18)(H2,19,20,21)/t2*8-,9+,10-,12-;2*5-,6+,8-,10-/m1111/s1. The maximum Gasteiger partial charge on any atom is 0.490 e. The number of aliphatic hydroxyl groups is 4. The number of nitrogens with two attached hydrogens (primary N) is 2. The van der Waals surface area contributed by atoms with Crippen LogP contribution in [0, 0.1) is 11.6 Å². The fourth-order valence-electron chi connectivity index (χ4n) is 10.8. The van der Waals surface area contributed by atoms with Gasteiger partial charge in [0.1, 0.15) is 74.1 Å². The third kappa shape index (κ3) is 32.9. The predicted octanol–water partition coefficient (Wildman–Crippen LogP) is -0.603. The Morgan fingerprint density at radius 2 is 0.688 bits per heavy atom. The maximum atomic E-state index is 13.7. The van der Waals surface area contributed by atoms with Crippen LogP contribution in [0.1, 0.15) is 64.4 Å². The molecule has 8 rings (SSSR count). The van der Waals surface area contributed by atoms with E-state index in [9.17, 15) is 142 Å². The first-order chi connectivity index (χ1) is 57.9. The summed E-state index contributed by atoms with van der Waals surface area (Å²) in [5.74, 6) is -4.82. The minimum Gasteiger partial charge on any atom is -0.388 e. The minimum absolute atomic E-state index is 0.0270. The average Bonchev–Trinajstić information content (AvgIpc) is 1.63. The smallest absolute Gasteiger partial charge is 0.388 e. The van der Waals surface area contributed by atoms with E-state index in [-0.39, 0.29) is 18.7 Å². The van der Waals surface area contributed by atoms with Gasteiger partial charge in [-0.2, -0.15) is 48.8 Å². The van der Waals surface area contributed by atoms with Gasteiger partial charge in [-0.15, -0.1) is 69.6 Å². The molecule has 0 bridgehead atoms. The average molecular weight is 2230 g/mol. The monoisotopic (exact) mass is 2220 g/mol. The Bertz CT molecular complexity index is 5650. The van der Waals surface area contributed by atoms with E-state index < -0.39 is 277 Å². The van der Waals surface area contributed by atoms with E-state index in [1.54, 1.807) is 18.8 Å². The molecule has 0 saturated carbocycles. The number of hydrogen-bond acceptors (Lipinski definition) is 42. The number of halogens is 8. The summed E-state index contributed by atoms with van der Waals surface area (Å²) < 4.78 is 235. The lowest BCUT2D eigenvalue weighted by atomic mass is 9.92. The van der Waals surface area contributed by atoms with Crippen LogP contribution in [-0.2, 0) is 126 Å². The van der Waals surface area contributed by atoms with Crippen molar-refractivity contribution in [2.45, 2.75) is 133 Å². The Labute approximate surface area is 737 Å². The molecule has 24 atom stereocenters. The van der Waals surface area contributed by atoms with Crippen molar-refractivity contribution in [1.82, 2.24) is 38.2 Å². The van der Waals surface area contributed by atoms with Crippen LogP contribution >= 0.6 is 163 Å². The summed E-state index contributed by atoms with van der Waals surface area (Å²) in [4.78, 5) is 224. The maximum absolute atomic E-state index is 13.7. The third-order valence-electron chi connectivity index (χ3n) is 15.9. The van der Waals surface area contributed by atoms with Gasteiger partial charge in [-0.3, -0.25) is 55.9 Å². The first-order valence-electron chi connectivity index (χ1n) is 32.8. The number of H-pyrrole nitrogens is 2. The van der Waals surface area contributed by atoms with Gasteiger partial charge in [0.2, 0.25) is 5.82 Å². The van der Waals surface area contributed by atoms with E-state index in [1.165, 1.54) is 12.3 Å². The summed E-state index contributed by atoms with van der Waals surface area (Å²) in [5.41, 5.74) is -3.54. The van der Waals surface area contributed by atoms with Crippen molar-refractivity contribution in [3.8, 4) is 0 Å². The Balaban J connectivity index is 0.000000302. The second-order valence-electron chi connectivity index (χ2n) is 25.4. The molecule has 736 valence electrons. The van der Waals surface area contributed by atoms with Crippen molar-refractivity contribution >= 4 is 175 Å². The fourth-order valence-corrected chi connectivity index (χ4v) is 25.3. The number of aromatic nitrogens is 8. The van der Waals surface area contributed by atoms with Crippen molar-refractivity contribution in [2.75, 3.05) is 49.7 Å². The molecular weight excluding hydrogens is 2150 g/mol. The molecule has 0 aliphatic carbocycles. The minimum atomic E-state index is -5.82. The lowest BCUT2D eigenvalue weighted by molar-refractivity contribution is -0.130. The zero-order valence-electron chi connectivity index (χ0n) is 62.5. The SMILES string of the molecule is CCC[C@]1(COP(=O)(O)OP(=O)(O)OP(=O)(O)O)O[C@@H](n2ccc(=O)[nH]c2=O)[C@H](Cl)[C@@H]1O.CCC[C@]1(COP(=O)(O)OP(=O)(O)OP(=O)(O)O)O[C@@H](n2ccc(N)nc2=O)[C@H](Cl)[C@@H]1O.Nc1nc(=O)n([C@@H]2O[C@](CCl)(COP(=O)(O)OP(=O)(O)OP(=O)(O)O)[C@@H](O)[C@H]2Cl)cc1F.O=c1[nH]c(=O)n([C@@H]2O[C@](CCl)(COP(=O)(O)OP(=O)(O)OP(=O)(O)O)[C@@H](O)[C@H]2Cl)cc1F. The molecular formula is C44H70Cl6F2N10O54P12. The van der Waals surface area contributed by atoms with Crippen molar-refractivity contribution in [3.05, 3.63) is 111 Å². The molecule has 0 amide bonds. The molecule has 128 heavy (non-hydrogen) atoms. The number of phosphoric ester groups is 4. The zero-order valence-corrected chi connectivity index (χ0v) is 77.8. The van der Waals surface area contributed by atoms with Crippen molar-refractivity contribution in [3.63, 3.8) is 0 Å². The first kappa shape index (κ1) is 116. The van der Waals surface area contributed by atoms with E-state index in [4.69, 9.17) is 149 Å². The number of aliphatic hydroxyl groups excluding tert-OH is 4. The van der Waals surface area contributed by atoms with Gasteiger partial charge < -0.3 is 129 Å². The van der Waals surface area contributed by atoms with Gasteiger partial charge in [-0.05, 0) is 18.9 Å². The third-order valence-corrected chi connectivity index (χ3v) is 33.7. The second-order valence-corrected chi connectivity index (χ2v) is 45.7. The first-order valence-corrected chi connectivity index (χ1v) is 53.7. The van der Waals surface area contributed by atoms with Crippen LogP contribution < -0.4 is 45.3 Å². The predicted molar refractivity (Wildman–Crippen MR) is 413 cm³/mol. The van der Waals surface area contributed by atoms with Crippen LogP contribution in [0.25, 0.3) is 0 Å². The highest BCUT2D eigenvalue weighted by Crippen LogP contribution is 2.71. The molecule has 0 spiro atoms. The topological polar surface area (TPSA) is 989 Å². The highest BCUT2D eigenvalue weighted by atomic mass is 35.5. The molecule has 0 aromatic carbocycles. The molecule has 4 aliphatic heterocycles. The number of phosphoric acid groups is 12. The molecule has 4 saturated heterocycles. The molecule has 0 radical (unpaired) electrons. The molecule has 84 heteroatoms. The number of hydrogen-bond donors (Lipinski definition) is 24. The van der Waals surface area contributed by atoms with Crippen molar-refractivity contribution in [2.24, 2.45) is 0 Å². The second kappa shape index (κ2) is 44.2. The lowest BCUT2D eigenvalue weighted by Crippen LogP contribution is -2.47. The fraction of sp³-hybridized carbons (Fsp3) is 0.636. The van der Waals surface area contributed by atoms with Gasteiger partial charge >= 0.3 is 117 Å². The highest BCUT2D eigenvalue weighted by Gasteiger charge is 2.61.